The van der Waals surface area contributed by atoms with E-state index >= 15 is 0 Å². The molecule has 0 spiro atoms. The fraction of sp³-hybridized carbons (Fsp3) is 0.615. The van der Waals surface area contributed by atoms with Gasteiger partial charge in [0.05, 0.1) is 0 Å². The summed E-state index contributed by atoms with van der Waals surface area (Å²) in [5.74, 6) is 0. The summed E-state index contributed by atoms with van der Waals surface area (Å²) in [6, 6.07) is 2.95. The Bertz CT molecular complexity index is 556. The van der Waals surface area contributed by atoms with Crippen LogP contribution in [0.2, 0.25) is 5.15 Å². The lowest BCUT2D eigenvalue weighted by Crippen LogP contribution is -2.41. The molecule has 20 heavy (non-hydrogen) atoms. The van der Waals surface area contributed by atoms with E-state index in [1.54, 1.807) is 0 Å². The molecule has 0 atom stereocenters. The predicted octanol–water partition coefficient (Wildman–Crippen LogP) is 1.96. The van der Waals surface area contributed by atoms with E-state index in [4.69, 9.17) is 11.6 Å². The van der Waals surface area contributed by atoms with Gasteiger partial charge < -0.3 is 5.11 Å². The van der Waals surface area contributed by atoms with Gasteiger partial charge in [0.1, 0.15) is 10.0 Å². The van der Waals surface area contributed by atoms with Crippen molar-refractivity contribution in [1.82, 2.24) is 9.71 Å². The number of hydrogen-bond donors (Lipinski definition) is 2. The lowest BCUT2D eigenvalue weighted by molar-refractivity contribution is 0.0867. The molecule has 1 aliphatic rings. The van der Waals surface area contributed by atoms with Gasteiger partial charge in [-0.15, -0.1) is 0 Å². The number of pyridine rings is 1. The fourth-order valence-corrected chi connectivity index (χ4v) is 4.20. The summed E-state index contributed by atoms with van der Waals surface area (Å²) in [4.78, 5) is 3.75. The summed E-state index contributed by atoms with van der Waals surface area (Å²) in [5, 5.41) is 9.55. The highest BCUT2D eigenvalue weighted by molar-refractivity contribution is 7.89. The van der Waals surface area contributed by atoms with E-state index in [0.717, 1.165) is 32.1 Å². The maximum Gasteiger partial charge on any atom is 0.243 e. The minimum absolute atomic E-state index is 0.00368. The molecule has 1 aromatic rings. The van der Waals surface area contributed by atoms with Crippen LogP contribution in [0.5, 0.6) is 0 Å². The smallest absolute Gasteiger partial charge is 0.243 e. The summed E-state index contributed by atoms with van der Waals surface area (Å²) in [6.45, 7) is 0.230. The zero-order valence-electron chi connectivity index (χ0n) is 11.2. The zero-order valence-corrected chi connectivity index (χ0v) is 12.8. The summed E-state index contributed by atoms with van der Waals surface area (Å²) in [5.41, 5.74) is -0.347. The normalized spacial score (nSPS) is 18.9. The van der Waals surface area contributed by atoms with E-state index in [2.05, 4.69) is 9.71 Å². The highest BCUT2D eigenvalue weighted by Gasteiger charge is 2.33. The number of aliphatic hydroxyl groups excluding tert-OH is 1. The van der Waals surface area contributed by atoms with E-state index in [9.17, 15) is 13.5 Å². The Morgan fingerprint density at radius 1 is 1.35 bits per heavy atom. The topological polar surface area (TPSA) is 79.3 Å². The van der Waals surface area contributed by atoms with Gasteiger partial charge in [0, 0.05) is 24.8 Å². The highest BCUT2D eigenvalue weighted by atomic mass is 35.5. The average Bonchev–Trinajstić information content (AvgIpc) is 2.47. The molecule has 7 heteroatoms. The lowest BCUT2D eigenvalue weighted by Gasteiger charge is -2.35. The van der Waals surface area contributed by atoms with E-state index in [-0.39, 0.29) is 28.6 Å². The first-order chi connectivity index (χ1) is 9.49. The Hall–Kier alpha value is -0.690. The van der Waals surface area contributed by atoms with Crippen molar-refractivity contribution in [2.45, 2.75) is 37.0 Å². The zero-order chi connectivity index (χ0) is 14.6. The van der Waals surface area contributed by atoms with Crippen LogP contribution in [0.1, 0.15) is 32.1 Å². The molecule has 0 unspecified atom stereocenters. The molecule has 1 fully saturated rings. The maximum atomic E-state index is 12.2. The Balaban J connectivity index is 2.11. The maximum absolute atomic E-state index is 12.2. The first kappa shape index (κ1) is 15.7. The largest absolute Gasteiger partial charge is 0.396 e. The van der Waals surface area contributed by atoms with Crippen LogP contribution < -0.4 is 4.72 Å². The van der Waals surface area contributed by atoms with Gasteiger partial charge in [-0.2, -0.15) is 0 Å². The molecule has 0 aliphatic heterocycles. The minimum atomic E-state index is -3.69. The molecule has 1 aliphatic carbocycles. The molecule has 112 valence electrons. The number of sulfonamides is 1. The van der Waals surface area contributed by atoms with Crippen LogP contribution in [0.25, 0.3) is 0 Å². The Kier molecular flexibility index (Phi) is 5.01. The van der Waals surface area contributed by atoms with Gasteiger partial charge in [-0.3, -0.25) is 0 Å². The first-order valence-corrected chi connectivity index (χ1v) is 8.56. The van der Waals surface area contributed by atoms with E-state index in [1.165, 1.54) is 18.3 Å². The molecule has 1 saturated carbocycles. The third-order valence-corrected chi connectivity index (χ3v) is 5.75. The summed E-state index contributed by atoms with van der Waals surface area (Å²) in [6.07, 6.45) is 6.31. The quantitative estimate of drug-likeness (QED) is 0.813. The van der Waals surface area contributed by atoms with Gasteiger partial charge in [0.15, 0.2) is 0 Å². The predicted molar refractivity (Wildman–Crippen MR) is 77.0 cm³/mol. The molecule has 1 heterocycles. The van der Waals surface area contributed by atoms with Crippen LogP contribution in [0.15, 0.2) is 23.2 Å². The number of nitrogens with one attached hydrogen (secondary N) is 1. The second kappa shape index (κ2) is 6.39. The van der Waals surface area contributed by atoms with Crippen molar-refractivity contribution in [1.29, 1.82) is 0 Å². The van der Waals surface area contributed by atoms with Crippen molar-refractivity contribution in [3.63, 3.8) is 0 Å². The van der Waals surface area contributed by atoms with Gasteiger partial charge in [-0.05, 0) is 25.0 Å². The third-order valence-electron chi connectivity index (χ3n) is 3.90. The van der Waals surface area contributed by atoms with Gasteiger partial charge in [0.2, 0.25) is 10.0 Å². The van der Waals surface area contributed by atoms with Crippen molar-refractivity contribution in [2.24, 2.45) is 5.41 Å². The van der Waals surface area contributed by atoms with Crippen LogP contribution in [0.3, 0.4) is 0 Å². The molecule has 2 N–H and O–H groups in total. The average molecular weight is 319 g/mol. The SMILES string of the molecule is O=S(=O)(NCC1(CO)CCCCC1)c1cccnc1Cl. The van der Waals surface area contributed by atoms with Crippen molar-refractivity contribution < 1.29 is 13.5 Å². The number of nitrogens with zero attached hydrogens (tertiary/aromatic N) is 1. The Labute approximate surface area is 124 Å². The number of aliphatic hydroxyl groups is 1. The van der Waals surface area contributed by atoms with Gasteiger partial charge in [0.25, 0.3) is 0 Å². The van der Waals surface area contributed by atoms with Crippen molar-refractivity contribution in [2.75, 3.05) is 13.2 Å². The van der Waals surface area contributed by atoms with Crippen LogP contribution in [0, 0.1) is 5.41 Å². The number of halogens is 1. The van der Waals surface area contributed by atoms with Crippen LogP contribution in [-0.4, -0.2) is 31.7 Å². The number of aromatic nitrogens is 1. The molecule has 5 nitrogen and oxygen atoms in total. The molecule has 1 aromatic heterocycles. The molecule has 0 bridgehead atoms. The minimum Gasteiger partial charge on any atom is -0.396 e. The Morgan fingerprint density at radius 3 is 2.65 bits per heavy atom. The van der Waals surface area contributed by atoms with E-state index < -0.39 is 10.0 Å². The van der Waals surface area contributed by atoms with E-state index in [0.29, 0.717) is 0 Å². The summed E-state index contributed by atoms with van der Waals surface area (Å²) >= 11 is 5.82. The highest BCUT2D eigenvalue weighted by Crippen LogP contribution is 2.35. The number of rotatable bonds is 5. The van der Waals surface area contributed by atoms with Crippen molar-refractivity contribution >= 4 is 21.6 Å². The van der Waals surface area contributed by atoms with Gasteiger partial charge in [-0.25, -0.2) is 18.1 Å². The second-order valence-corrected chi connectivity index (χ2v) is 7.43. The lowest BCUT2D eigenvalue weighted by atomic mass is 9.75. The number of hydrogen-bond acceptors (Lipinski definition) is 4. The first-order valence-electron chi connectivity index (χ1n) is 6.70. The fourth-order valence-electron chi connectivity index (χ4n) is 2.59. The molecule has 0 amide bonds. The van der Waals surface area contributed by atoms with Crippen LogP contribution in [0.4, 0.5) is 0 Å². The van der Waals surface area contributed by atoms with Crippen LogP contribution in [-0.2, 0) is 10.0 Å². The second-order valence-electron chi connectivity index (χ2n) is 5.34. The van der Waals surface area contributed by atoms with Crippen molar-refractivity contribution in [3.8, 4) is 0 Å². The third kappa shape index (κ3) is 3.49. The standard InChI is InChI=1S/C13H19ClN2O3S/c14-12-11(5-4-8-15-12)20(18,19)16-9-13(10-17)6-2-1-3-7-13/h4-5,8,16-17H,1-3,6-7,9-10H2. The summed E-state index contributed by atoms with van der Waals surface area (Å²) in [7, 11) is -3.69. The molecular formula is C13H19ClN2O3S. The molecule has 2 rings (SSSR count). The molecule has 0 radical (unpaired) electrons. The molecule has 0 aromatic carbocycles. The van der Waals surface area contributed by atoms with Gasteiger partial charge in [-0.1, -0.05) is 30.9 Å². The molecule has 0 saturated heterocycles. The Morgan fingerprint density at radius 2 is 2.05 bits per heavy atom. The summed E-state index contributed by atoms with van der Waals surface area (Å²) < 4.78 is 27.0. The monoisotopic (exact) mass is 318 g/mol. The van der Waals surface area contributed by atoms with Crippen LogP contribution >= 0.6 is 11.6 Å². The van der Waals surface area contributed by atoms with Crippen molar-refractivity contribution in [3.05, 3.63) is 23.5 Å². The molecular weight excluding hydrogens is 300 g/mol. The van der Waals surface area contributed by atoms with Gasteiger partial charge >= 0.3 is 0 Å². The van der Waals surface area contributed by atoms with E-state index in [1.807, 2.05) is 0 Å².